The second-order valence-corrected chi connectivity index (χ2v) is 5.89. The molecule has 0 radical (unpaired) electrons. The van der Waals surface area contributed by atoms with E-state index in [1.54, 1.807) is 16.8 Å². The van der Waals surface area contributed by atoms with Crippen molar-refractivity contribution < 1.29 is 4.79 Å². The highest BCUT2D eigenvalue weighted by molar-refractivity contribution is 9.10. The Morgan fingerprint density at radius 2 is 2.19 bits per heavy atom. The minimum absolute atomic E-state index is 0.133. The summed E-state index contributed by atoms with van der Waals surface area (Å²) in [6.07, 6.45) is 2.77. The lowest BCUT2D eigenvalue weighted by atomic mass is 10.1. The van der Waals surface area contributed by atoms with Crippen LogP contribution in [0.3, 0.4) is 0 Å². The van der Waals surface area contributed by atoms with Crippen molar-refractivity contribution in [3.05, 3.63) is 45.2 Å². The number of nitrogens with two attached hydrogens (primary N) is 1. The second-order valence-electron chi connectivity index (χ2n) is 4.98. The average Bonchev–Trinajstić information content (AvgIpc) is 2.80. The number of carbonyl (C=O) groups excluding carboxylic acids is 1. The third kappa shape index (κ3) is 3.44. The van der Waals surface area contributed by atoms with Crippen LogP contribution in [0.5, 0.6) is 0 Å². The van der Waals surface area contributed by atoms with E-state index in [1.165, 1.54) is 0 Å². The van der Waals surface area contributed by atoms with Gasteiger partial charge in [-0.05, 0) is 31.0 Å². The van der Waals surface area contributed by atoms with E-state index in [2.05, 4.69) is 26.3 Å². The van der Waals surface area contributed by atoms with Crippen molar-refractivity contribution >= 4 is 27.5 Å². The molecule has 0 aliphatic rings. The number of rotatable bonds is 4. The van der Waals surface area contributed by atoms with Gasteiger partial charge in [0.15, 0.2) is 0 Å². The van der Waals surface area contributed by atoms with Crippen LogP contribution in [0.4, 0.5) is 5.69 Å². The van der Waals surface area contributed by atoms with Gasteiger partial charge in [-0.2, -0.15) is 5.10 Å². The molecule has 0 bridgehead atoms. The Hall–Kier alpha value is -1.82. The maximum absolute atomic E-state index is 12.3. The zero-order valence-electron chi connectivity index (χ0n) is 12.4. The molecule has 6 heteroatoms. The summed E-state index contributed by atoms with van der Waals surface area (Å²) in [5.41, 5.74) is 9.91. The minimum atomic E-state index is -0.133. The Bertz CT molecular complexity index is 679. The highest BCUT2D eigenvalue weighted by atomic mass is 79.9. The predicted molar refractivity (Wildman–Crippen MR) is 87.0 cm³/mol. The fourth-order valence-corrected chi connectivity index (χ4v) is 2.71. The molecule has 0 aliphatic carbocycles. The molecule has 0 fully saturated rings. The second kappa shape index (κ2) is 6.30. The molecule has 1 aromatic carbocycles. The molecule has 1 aromatic heterocycles. The number of nitrogens with one attached hydrogen (secondary N) is 1. The first-order valence-electron chi connectivity index (χ1n) is 6.77. The normalized spacial score (nSPS) is 10.7. The molecule has 0 spiro atoms. The van der Waals surface area contributed by atoms with E-state index in [0.29, 0.717) is 17.8 Å². The zero-order valence-corrected chi connectivity index (χ0v) is 14.0. The summed E-state index contributed by atoms with van der Waals surface area (Å²) in [6.45, 7) is 4.35. The van der Waals surface area contributed by atoms with E-state index >= 15 is 0 Å². The van der Waals surface area contributed by atoms with E-state index in [0.717, 1.165) is 27.7 Å². The predicted octanol–water partition coefficient (Wildman–Crippen LogP) is 2.57. The third-order valence-corrected chi connectivity index (χ3v) is 3.88. The fourth-order valence-electron chi connectivity index (χ4n) is 2.24. The lowest BCUT2D eigenvalue weighted by Gasteiger charge is -2.10. The Balaban J connectivity index is 2.15. The van der Waals surface area contributed by atoms with Gasteiger partial charge in [0, 0.05) is 41.1 Å². The van der Waals surface area contributed by atoms with Crippen LogP contribution in [0.2, 0.25) is 0 Å². The Labute approximate surface area is 132 Å². The number of anilines is 1. The quantitative estimate of drug-likeness (QED) is 0.832. The molecule has 5 nitrogen and oxygen atoms in total. The number of nitrogens with zero attached hydrogens (tertiary/aromatic N) is 2. The van der Waals surface area contributed by atoms with E-state index in [9.17, 15) is 4.79 Å². The Morgan fingerprint density at radius 1 is 1.48 bits per heavy atom. The summed E-state index contributed by atoms with van der Waals surface area (Å²) < 4.78 is 2.56. The first kappa shape index (κ1) is 15.6. The first-order chi connectivity index (χ1) is 9.92. The molecule has 2 aromatic rings. The van der Waals surface area contributed by atoms with Gasteiger partial charge in [0.1, 0.15) is 0 Å². The van der Waals surface area contributed by atoms with Gasteiger partial charge in [-0.15, -0.1) is 0 Å². The van der Waals surface area contributed by atoms with Crippen molar-refractivity contribution in [1.82, 2.24) is 15.1 Å². The van der Waals surface area contributed by atoms with Crippen molar-refractivity contribution in [1.29, 1.82) is 0 Å². The van der Waals surface area contributed by atoms with Gasteiger partial charge in [0.25, 0.3) is 5.91 Å². The van der Waals surface area contributed by atoms with Crippen LogP contribution in [0.15, 0.2) is 22.8 Å². The average molecular weight is 351 g/mol. The standard InChI is InChI=1S/C15H19BrN4O/c1-4-14-10(8-20(3)19-14)7-18-15(21)12-5-11(16)6-13(17)9(12)2/h5-6,8H,4,7,17H2,1-3H3,(H,18,21). The maximum Gasteiger partial charge on any atom is 0.251 e. The zero-order chi connectivity index (χ0) is 15.6. The van der Waals surface area contributed by atoms with Crippen molar-refractivity contribution in [2.45, 2.75) is 26.8 Å². The summed E-state index contributed by atoms with van der Waals surface area (Å²) >= 11 is 3.36. The summed E-state index contributed by atoms with van der Waals surface area (Å²) in [4.78, 5) is 12.3. The molecule has 0 atom stereocenters. The fraction of sp³-hybridized carbons (Fsp3) is 0.333. The third-order valence-electron chi connectivity index (χ3n) is 3.42. The van der Waals surface area contributed by atoms with E-state index in [4.69, 9.17) is 5.73 Å². The monoisotopic (exact) mass is 350 g/mol. The molecule has 21 heavy (non-hydrogen) atoms. The van der Waals surface area contributed by atoms with Crippen LogP contribution in [0.25, 0.3) is 0 Å². The molecule has 112 valence electrons. The number of hydrogen-bond acceptors (Lipinski definition) is 3. The minimum Gasteiger partial charge on any atom is -0.398 e. The van der Waals surface area contributed by atoms with Crippen LogP contribution < -0.4 is 11.1 Å². The van der Waals surface area contributed by atoms with Crippen molar-refractivity contribution in [3.8, 4) is 0 Å². The van der Waals surface area contributed by atoms with Gasteiger partial charge in [-0.25, -0.2) is 0 Å². The van der Waals surface area contributed by atoms with E-state index < -0.39 is 0 Å². The van der Waals surface area contributed by atoms with Crippen LogP contribution in [0, 0.1) is 6.92 Å². The molecule has 1 amide bonds. The largest absolute Gasteiger partial charge is 0.398 e. The lowest BCUT2D eigenvalue weighted by molar-refractivity contribution is 0.0950. The SMILES string of the molecule is CCc1nn(C)cc1CNC(=O)c1cc(Br)cc(N)c1C. The van der Waals surface area contributed by atoms with Gasteiger partial charge >= 0.3 is 0 Å². The highest BCUT2D eigenvalue weighted by Gasteiger charge is 2.13. The van der Waals surface area contributed by atoms with Gasteiger partial charge in [0.05, 0.1) is 5.69 Å². The molecule has 0 saturated heterocycles. The summed E-state index contributed by atoms with van der Waals surface area (Å²) in [7, 11) is 1.88. The number of nitrogen functional groups attached to an aromatic ring is 1. The van der Waals surface area contributed by atoms with Gasteiger partial charge in [0.2, 0.25) is 0 Å². The van der Waals surface area contributed by atoms with E-state index in [-0.39, 0.29) is 5.91 Å². The van der Waals surface area contributed by atoms with Crippen LogP contribution in [-0.2, 0) is 20.0 Å². The number of hydrogen-bond donors (Lipinski definition) is 2. The Morgan fingerprint density at radius 3 is 2.86 bits per heavy atom. The number of aryl methyl sites for hydroxylation is 2. The molecule has 2 rings (SSSR count). The van der Waals surface area contributed by atoms with Gasteiger partial charge in [-0.1, -0.05) is 22.9 Å². The number of amides is 1. The number of benzene rings is 1. The molecule has 0 aliphatic heterocycles. The molecule has 3 N–H and O–H groups in total. The van der Waals surface area contributed by atoms with Crippen molar-refractivity contribution in [2.75, 3.05) is 5.73 Å². The number of aromatic nitrogens is 2. The van der Waals surface area contributed by atoms with E-state index in [1.807, 2.05) is 27.1 Å². The smallest absolute Gasteiger partial charge is 0.251 e. The molecule has 0 unspecified atom stereocenters. The molecular formula is C15H19BrN4O. The molecule has 1 heterocycles. The molecule has 0 saturated carbocycles. The number of carbonyl (C=O) groups is 1. The van der Waals surface area contributed by atoms with Crippen molar-refractivity contribution in [3.63, 3.8) is 0 Å². The number of halogens is 1. The van der Waals surface area contributed by atoms with Crippen LogP contribution in [-0.4, -0.2) is 15.7 Å². The molecular weight excluding hydrogens is 332 g/mol. The maximum atomic E-state index is 12.3. The Kier molecular flexibility index (Phi) is 4.67. The topological polar surface area (TPSA) is 72.9 Å². The van der Waals surface area contributed by atoms with Crippen molar-refractivity contribution in [2.24, 2.45) is 7.05 Å². The highest BCUT2D eigenvalue weighted by Crippen LogP contribution is 2.22. The lowest BCUT2D eigenvalue weighted by Crippen LogP contribution is -2.24. The van der Waals surface area contributed by atoms with Gasteiger partial charge in [-0.3, -0.25) is 9.48 Å². The van der Waals surface area contributed by atoms with Crippen LogP contribution >= 0.6 is 15.9 Å². The summed E-state index contributed by atoms with van der Waals surface area (Å²) in [5.74, 6) is -0.133. The van der Waals surface area contributed by atoms with Gasteiger partial charge < -0.3 is 11.1 Å². The summed E-state index contributed by atoms with van der Waals surface area (Å²) in [5, 5.41) is 7.29. The first-order valence-corrected chi connectivity index (χ1v) is 7.56. The summed E-state index contributed by atoms with van der Waals surface area (Å²) in [6, 6.07) is 3.58. The van der Waals surface area contributed by atoms with Crippen LogP contribution in [0.1, 0.15) is 34.1 Å².